The average Bonchev–Trinajstić information content (AvgIpc) is 1.80. The molecular weight excluding hydrogens is 191 g/mol. The lowest BCUT2D eigenvalue weighted by Gasteiger charge is -2.39. The van der Waals surface area contributed by atoms with Gasteiger partial charge in [0.25, 0.3) is 0 Å². The molecule has 1 aliphatic rings. The molecule has 0 aromatic carbocycles. The van der Waals surface area contributed by atoms with Crippen LogP contribution in [0.3, 0.4) is 0 Å². The molecule has 1 amide bonds. The van der Waals surface area contributed by atoms with Gasteiger partial charge in [-0.15, -0.1) is 0 Å². The van der Waals surface area contributed by atoms with Crippen molar-refractivity contribution in [3.8, 4) is 0 Å². The molecule has 2 N–H and O–H groups in total. The smallest absolute Gasteiger partial charge is 0.414 e. The lowest BCUT2D eigenvalue weighted by molar-refractivity contribution is -0.230. The Balaban J connectivity index is 2.39. The van der Waals surface area contributed by atoms with Gasteiger partial charge in [-0.05, 0) is 0 Å². The zero-order valence-electron chi connectivity index (χ0n) is 6.45. The standard InChI is InChI=1S/C6H8F3NO3/c7-6(8,9)4(11)3-1-10(2-3)5(12)13/h3-4,11H,1-2H2,(H,12,13). The first-order valence-electron chi connectivity index (χ1n) is 3.55. The van der Waals surface area contributed by atoms with Crippen LogP contribution in [0.1, 0.15) is 0 Å². The van der Waals surface area contributed by atoms with Crippen molar-refractivity contribution in [1.82, 2.24) is 4.90 Å². The molecule has 4 nitrogen and oxygen atoms in total. The summed E-state index contributed by atoms with van der Waals surface area (Å²) in [6.45, 7) is -0.508. The molecule has 0 radical (unpaired) electrons. The van der Waals surface area contributed by atoms with E-state index in [1.807, 2.05) is 0 Å². The van der Waals surface area contributed by atoms with Gasteiger partial charge in [-0.1, -0.05) is 0 Å². The van der Waals surface area contributed by atoms with E-state index >= 15 is 0 Å². The summed E-state index contributed by atoms with van der Waals surface area (Å²) in [6, 6.07) is 0. The second-order valence-corrected chi connectivity index (χ2v) is 2.93. The van der Waals surface area contributed by atoms with Crippen molar-refractivity contribution >= 4 is 6.09 Å². The fourth-order valence-corrected chi connectivity index (χ4v) is 1.14. The van der Waals surface area contributed by atoms with Crippen molar-refractivity contribution in [1.29, 1.82) is 0 Å². The number of likely N-dealkylation sites (tertiary alicyclic amines) is 1. The van der Waals surface area contributed by atoms with Crippen molar-refractivity contribution in [2.75, 3.05) is 13.1 Å². The molecule has 1 aliphatic heterocycles. The van der Waals surface area contributed by atoms with Gasteiger partial charge in [-0.25, -0.2) is 4.79 Å². The minimum Gasteiger partial charge on any atom is -0.465 e. The highest BCUT2D eigenvalue weighted by Gasteiger charge is 2.48. The summed E-state index contributed by atoms with van der Waals surface area (Å²) in [6.07, 6.45) is -8.33. The fourth-order valence-electron chi connectivity index (χ4n) is 1.14. The quantitative estimate of drug-likeness (QED) is 0.647. The van der Waals surface area contributed by atoms with Crippen LogP contribution in [0.15, 0.2) is 0 Å². The van der Waals surface area contributed by atoms with Gasteiger partial charge in [-0.2, -0.15) is 13.2 Å². The highest BCUT2D eigenvalue weighted by molar-refractivity contribution is 5.66. The van der Waals surface area contributed by atoms with Crippen LogP contribution < -0.4 is 0 Å². The van der Waals surface area contributed by atoms with Crippen LogP contribution in [0, 0.1) is 5.92 Å². The van der Waals surface area contributed by atoms with Crippen molar-refractivity contribution in [3.05, 3.63) is 0 Å². The van der Waals surface area contributed by atoms with Crippen LogP contribution in [-0.2, 0) is 0 Å². The molecule has 0 bridgehead atoms. The van der Waals surface area contributed by atoms with Crippen molar-refractivity contribution in [2.45, 2.75) is 12.3 Å². The monoisotopic (exact) mass is 199 g/mol. The molecule has 1 heterocycles. The summed E-state index contributed by atoms with van der Waals surface area (Å²) in [7, 11) is 0. The van der Waals surface area contributed by atoms with Crippen LogP contribution in [0.5, 0.6) is 0 Å². The van der Waals surface area contributed by atoms with Gasteiger partial charge in [-0.3, -0.25) is 0 Å². The van der Waals surface area contributed by atoms with E-state index in [1.54, 1.807) is 0 Å². The van der Waals surface area contributed by atoms with Crippen LogP contribution in [-0.4, -0.2) is 46.6 Å². The Hall–Kier alpha value is -0.980. The number of carboxylic acid groups (broad SMARTS) is 1. The van der Waals surface area contributed by atoms with Gasteiger partial charge >= 0.3 is 12.3 Å². The number of hydrogen-bond donors (Lipinski definition) is 2. The maximum Gasteiger partial charge on any atom is 0.414 e. The van der Waals surface area contributed by atoms with Crippen molar-refractivity contribution < 1.29 is 28.2 Å². The molecule has 1 saturated heterocycles. The Labute approximate surface area is 71.6 Å². The summed E-state index contributed by atoms with van der Waals surface area (Å²) in [5, 5.41) is 17.0. The van der Waals surface area contributed by atoms with Crippen LogP contribution in [0.2, 0.25) is 0 Å². The first-order chi connectivity index (χ1) is 5.82. The van der Waals surface area contributed by atoms with Gasteiger partial charge in [0, 0.05) is 19.0 Å². The van der Waals surface area contributed by atoms with Crippen molar-refractivity contribution in [3.63, 3.8) is 0 Å². The topological polar surface area (TPSA) is 60.8 Å². The first kappa shape index (κ1) is 10.1. The summed E-state index contributed by atoms with van der Waals surface area (Å²) in [5.41, 5.74) is 0. The number of hydrogen-bond acceptors (Lipinski definition) is 2. The minimum atomic E-state index is -4.66. The summed E-state index contributed by atoms with van der Waals surface area (Å²) >= 11 is 0. The molecule has 1 atom stereocenters. The Bertz CT molecular complexity index is 212. The number of aliphatic hydroxyl groups is 1. The predicted octanol–water partition coefficient (Wildman–Crippen LogP) is 0.519. The molecule has 0 saturated carbocycles. The number of aliphatic hydroxyl groups excluding tert-OH is 1. The number of amides is 1. The molecule has 0 aliphatic carbocycles. The highest BCUT2D eigenvalue weighted by atomic mass is 19.4. The highest BCUT2D eigenvalue weighted by Crippen LogP contribution is 2.30. The van der Waals surface area contributed by atoms with E-state index in [1.165, 1.54) is 0 Å². The second kappa shape index (κ2) is 3.06. The molecular formula is C6H8F3NO3. The predicted molar refractivity (Wildman–Crippen MR) is 35.1 cm³/mol. The number of nitrogens with zero attached hydrogens (tertiary/aromatic N) is 1. The van der Waals surface area contributed by atoms with Gasteiger partial charge in [0.15, 0.2) is 6.10 Å². The SMILES string of the molecule is O=C(O)N1CC(C(O)C(F)(F)F)C1. The van der Waals surface area contributed by atoms with Crippen LogP contribution >= 0.6 is 0 Å². The zero-order chi connectivity index (χ0) is 10.2. The third-order valence-electron chi connectivity index (χ3n) is 1.96. The third kappa shape index (κ3) is 2.03. The van der Waals surface area contributed by atoms with E-state index < -0.39 is 24.3 Å². The number of carbonyl (C=O) groups is 1. The van der Waals surface area contributed by atoms with E-state index in [4.69, 9.17) is 10.2 Å². The fraction of sp³-hybridized carbons (Fsp3) is 0.833. The Morgan fingerprint density at radius 3 is 2.23 bits per heavy atom. The maximum atomic E-state index is 11.8. The number of alkyl halides is 3. The van der Waals surface area contributed by atoms with E-state index in [0.29, 0.717) is 0 Å². The third-order valence-corrected chi connectivity index (χ3v) is 1.96. The van der Waals surface area contributed by atoms with Gasteiger partial charge in [0.1, 0.15) is 0 Å². The normalized spacial score (nSPS) is 21.1. The molecule has 0 aromatic heterocycles. The first-order valence-corrected chi connectivity index (χ1v) is 3.55. The molecule has 0 aromatic rings. The minimum absolute atomic E-state index is 0.254. The Kier molecular flexibility index (Phi) is 2.38. The van der Waals surface area contributed by atoms with E-state index in [-0.39, 0.29) is 13.1 Å². The molecule has 13 heavy (non-hydrogen) atoms. The van der Waals surface area contributed by atoms with E-state index in [9.17, 15) is 18.0 Å². The molecule has 0 spiro atoms. The molecule has 1 rings (SSSR count). The Morgan fingerprint density at radius 2 is 1.92 bits per heavy atom. The van der Waals surface area contributed by atoms with E-state index in [0.717, 1.165) is 4.90 Å². The van der Waals surface area contributed by atoms with Crippen LogP contribution in [0.4, 0.5) is 18.0 Å². The maximum absolute atomic E-state index is 11.8. The summed E-state index contributed by atoms with van der Waals surface area (Å²) in [5.74, 6) is -1.02. The second-order valence-electron chi connectivity index (χ2n) is 2.93. The molecule has 1 unspecified atom stereocenters. The largest absolute Gasteiger partial charge is 0.465 e. The number of halogens is 3. The summed E-state index contributed by atoms with van der Waals surface area (Å²) in [4.78, 5) is 11.0. The lowest BCUT2D eigenvalue weighted by atomic mass is 9.94. The lowest BCUT2D eigenvalue weighted by Crippen LogP contribution is -2.57. The zero-order valence-corrected chi connectivity index (χ0v) is 6.45. The summed E-state index contributed by atoms with van der Waals surface area (Å²) < 4.78 is 35.5. The van der Waals surface area contributed by atoms with E-state index in [2.05, 4.69) is 0 Å². The molecule has 1 fully saturated rings. The van der Waals surface area contributed by atoms with Gasteiger partial charge < -0.3 is 15.1 Å². The van der Waals surface area contributed by atoms with Crippen molar-refractivity contribution in [2.24, 2.45) is 5.92 Å². The molecule has 7 heteroatoms. The van der Waals surface area contributed by atoms with Gasteiger partial charge in [0.05, 0.1) is 0 Å². The van der Waals surface area contributed by atoms with Crippen LogP contribution in [0.25, 0.3) is 0 Å². The number of rotatable bonds is 1. The average molecular weight is 199 g/mol. The Morgan fingerprint density at radius 1 is 1.46 bits per heavy atom. The van der Waals surface area contributed by atoms with Gasteiger partial charge in [0.2, 0.25) is 0 Å². The molecule has 76 valence electrons.